The summed E-state index contributed by atoms with van der Waals surface area (Å²) in [5.41, 5.74) is -2.33. The van der Waals surface area contributed by atoms with E-state index in [4.69, 9.17) is 0 Å². The average Bonchev–Trinajstić information content (AvgIpc) is 2.07. The largest absolute Gasteiger partial charge is 0.492 e. The SMILES string of the molecule is CC(C)(C)Cn1c(O)c(F)c(=O)[nH]c1=O. The molecule has 0 bridgehead atoms. The summed E-state index contributed by atoms with van der Waals surface area (Å²) >= 11 is 0. The second-order valence-corrected chi connectivity index (χ2v) is 4.54. The normalized spacial score (nSPS) is 11.7. The molecule has 0 radical (unpaired) electrons. The van der Waals surface area contributed by atoms with Gasteiger partial charge in [-0.05, 0) is 5.41 Å². The maximum atomic E-state index is 13.0. The highest BCUT2D eigenvalue weighted by Gasteiger charge is 2.18. The third kappa shape index (κ3) is 2.45. The molecule has 0 aromatic carbocycles. The van der Waals surface area contributed by atoms with Crippen LogP contribution in [0.2, 0.25) is 0 Å². The van der Waals surface area contributed by atoms with Gasteiger partial charge < -0.3 is 5.11 Å². The number of hydrogen-bond acceptors (Lipinski definition) is 3. The molecular formula is C9H13FN2O3. The maximum Gasteiger partial charge on any atom is 0.331 e. The standard InChI is InChI=1S/C9H13FN2O3/c1-9(2,3)4-12-7(14)5(10)6(13)11-8(12)15/h14H,4H2,1-3H3,(H,11,13,15). The van der Waals surface area contributed by atoms with Gasteiger partial charge in [0.1, 0.15) is 0 Å². The predicted molar refractivity (Wildman–Crippen MR) is 52.4 cm³/mol. The Balaban J connectivity index is 3.38. The first-order valence-electron chi connectivity index (χ1n) is 4.44. The van der Waals surface area contributed by atoms with Crippen molar-refractivity contribution >= 4 is 0 Å². The van der Waals surface area contributed by atoms with Crippen LogP contribution in [0.25, 0.3) is 0 Å². The third-order valence-electron chi connectivity index (χ3n) is 1.75. The fourth-order valence-corrected chi connectivity index (χ4v) is 1.16. The highest BCUT2D eigenvalue weighted by Crippen LogP contribution is 2.18. The number of halogens is 1. The Morgan fingerprint density at radius 3 is 2.40 bits per heavy atom. The van der Waals surface area contributed by atoms with Crippen molar-refractivity contribution in [2.24, 2.45) is 5.41 Å². The Bertz CT molecular complexity index is 482. The molecule has 0 spiro atoms. The lowest BCUT2D eigenvalue weighted by Crippen LogP contribution is -2.34. The van der Waals surface area contributed by atoms with Crippen molar-refractivity contribution in [3.8, 4) is 5.88 Å². The van der Waals surface area contributed by atoms with E-state index >= 15 is 0 Å². The van der Waals surface area contributed by atoms with Crippen molar-refractivity contribution < 1.29 is 9.50 Å². The molecule has 5 nitrogen and oxygen atoms in total. The second-order valence-electron chi connectivity index (χ2n) is 4.54. The zero-order valence-electron chi connectivity index (χ0n) is 8.80. The molecule has 0 amide bonds. The summed E-state index contributed by atoms with van der Waals surface area (Å²) in [7, 11) is 0. The van der Waals surface area contributed by atoms with E-state index in [0.29, 0.717) is 0 Å². The van der Waals surface area contributed by atoms with Crippen LogP contribution in [0.1, 0.15) is 20.8 Å². The van der Waals surface area contributed by atoms with Crippen molar-refractivity contribution in [2.75, 3.05) is 0 Å². The highest BCUT2D eigenvalue weighted by atomic mass is 19.1. The molecule has 0 aliphatic heterocycles. The molecule has 2 N–H and O–H groups in total. The molecule has 1 rings (SSSR count). The van der Waals surface area contributed by atoms with E-state index in [0.717, 1.165) is 4.57 Å². The second kappa shape index (κ2) is 3.52. The summed E-state index contributed by atoms with van der Waals surface area (Å²) < 4.78 is 13.8. The first-order chi connectivity index (χ1) is 6.72. The van der Waals surface area contributed by atoms with E-state index in [-0.39, 0.29) is 12.0 Å². The molecule has 0 fully saturated rings. The number of rotatable bonds is 1. The highest BCUT2D eigenvalue weighted by molar-refractivity contribution is 5.09. The van der Waals surface area contributed by atoms with E-state index in [1.165, 1.54) is 0 Å². The summed E-state index contributed by atoms with van der Waals surface area (Å²) in [6, 6.07) is 0. The molecule has 84 valence electrons. The Morgan fingerprint density at radius 2 is 1.93 bits per heavy atom. The molecule has 6 heteroatoms. The molecule has 0 aliphatic carbocycles. The van der Waals surface area contributed by atoms with Gasteiger partial charge >= 0.3 is 5.69 Å². The maximum absolute atomic E-state index is 13.0. The van der Waals surface area contributed by atoms with Crippen LogP contribution in [0.5, 0.6) is 5.88 Å². The average molecular weight is 216 g/mol. The monoisotopic (exact) mass is 216 g/mol. The summed E-state index contributed by atoms with van der Waals surface area (Å²) in [6.07, 6.45) is 0. The van der Waals surface area contributed by atoms with Crippen LogP contribution in [-0.4, -0.2) is 14.7 Å². The molecule has 1 heterocycles. The summed E-state index contributed by atoms with van der Waals surface area (Å²) in [4.78, 5) is 23.8. The molecule has 1 aromatic rings. The molecule has 0 saturated carbocycles. The first-order valence-corrected chi connectivity index (χ1v) is 4.44. The Labute approximate surface area is 85.2 Å². The van der Waals surface area contributed by atoms with Crippen molar-refractivity contribution in [2.45, 2.75) is 27.3 Å². The van der Waals surface area contributed by atoms with Gasteiger partial charge in [-0.15, -0.1) is 0 Å². The Hall–Kier alpha value is -1.59. The topological polar surface area (TPSA) is 75.1 Å². The summed E-state index contributed by atoms with van der Waals surface area (Å²) in [6.45, 7) is 5.58. The Kier molecular flexibility index (Phi) is 2.70. The lowest BCUT2D eigenvalue weighted by atomic mass is 9.97. The van der Waals surface area contributed by atoms with Crippen molar-refractivity contribution in [3.63, 3.8) is 0 Å². The van der Waals surface area contributed by atoms with E-state index in [2.05, 4.69) is 0 Å². The van der Waals surface area contributed by atoms with Gasteiger partial charge in [0, 0.05) is 6.54 Å². The van der Waals surface area contributed by atoms with Gasteiger partial charge in [-0.3, -0.25) is 14.3 Å². The van der Waals surface area contributed by atoms with Gasteiger partial charge in [0.2, 0.25) is 11.7 Å². The molecular weight excluding hydrogens is 203 g/mol. The van der Waals surface area contributed by atoms with E-state index in [9.17, 15) is 19.1 Å². The molecule has 15 heavy (non-hydrogen) atoms. The first kappa shape index (κ1) is 11.5. The third-order valence-corrected chi connectivity index (χ3v) is 1.75. The fourth-order valence-electron chi connectivity index (χ4n) is 1.16. The van der Waals surface area contributed by atoms with Gasteiger partial charge in [0.25, 0.3) is 5.56 Å². The minimum Gasteiger partial charge on any atom is -0.492 e. The summed E-state index contributed by atoms with van der Waals surface area (Å²) in [5.74, 6) is -2.25. The van der Waals surface area contributed by atoms with Crippen molar-refractivity contribution in [3.05, 3.63) is 26.7 Å². The van der Waals surface area contributed by atoms with Gasteiger partial charge in [-0.2, -0.15) is 4.39 Å². The number of aromatic hydroxyl groups is 1. The van der Waals surface area contributed by atoms with Crippen LogP contribution in [0, 0.1) is 11.2 Å². The van der Waals surface area contributed by atoms with Crippen LogP contribution in [-0.2, 0) is 6.54 Å². The number of nitrogens with one attached hydrogen (secondary N) is 1. The number of nitrogens with zero attached hydrogens (tertiary/aromatic N) is 1. The van der Waals surface area contributed by atoms with Gasteiger partial charge in [-0.1, -0.05) is 20.8 Å². The van der Waals surface area contributed by atoms with E-state index in [1.807, 2.05) is 20.8 Å². The van der Waals surface area contributed by atoms with E-state index < -0.39 is 22.9 Å². The minimum absolute atomic E-state index is 0.116. The van der Waals surface area contributed by atoms with Gasteiger partial charge in [0.05, 0.1) is 0 Å². The summed E-state index contributed by atoms with van der Waals surface area (Å²) in [5, 5.41) is 9.29. The Morgan fingerprint density at radius 1 is 1.40 bits per heavy atom. The number of aromatic nitrogens is 2. The van der Waals surface area contributed by atoms with Crippen molar-refractivity contribution in [1.82, 2.24) is 9.55 Å². The van der Waals surface area contributed by atoms with Crippen LogP contribution >= 0.6 is 0 Å². The van der Waals surface area contributed by atoms with Crippen LogP contribution in [0.3, 0.4) is 0 Å². The molecule has 0 saturated heterocycles. The number of hydrogen-bond donors (Lipinski definition) is 2. The quantitative estimate of drug-likeness (QED) is 0.714. The minimum atomic E-state index is -1.33. The van der Waals surface area contributed by atoms with Gasteiger partial charge in [-0.25, -0.2) is 4.79 Å². The number of aromatic amines is 1. The van der Waals surface area contributed by atoms with Crippen molar-refractivity contribution in [1.29, 1.82) is 0 Å². The van der Waals surface area contributed by atoms with Crippen LogP contribution < -0.4 is 11.2 Å². The zero-order valence-corrected chi connectivity index (χ0v) is 8.80. The predicted octanol–water partition coefficient (Wildman–Crippen LogP) is 0.427. The van der Waals surface area contributed by atoms with Crippen LogP contribution in [0.4, 0.5) is 4.39 Å². The fraction of sp³-hybridized carbons (Fsp3) is 0.556. The molecule has 0 unspecified atom stereocenters. The smallest absolute Gasteiger partial charge is 0.331 e. The molecule has 0 aliphatic rings. The lowest BCUT2D eigenvalue weighted by molar-refractivity contribution is 0.286. The number of H-pyrrole nitrogens is 1. The molecule has 0 atom stereocenters. The van der Waals surface area contributed by atoms with Gasteiger partial charge in [0.15, 0.2) is 0 Å². The van der Waals surface area contributed by atoms with E-state index in [1.54, 1.807) is 4.98 Å². The zero-order chi connectivity index (χ0) is 11.8. The molecule has 1 aromatic heterocycles. The van der Waals surface area contributed by atoms with Crippen LogP contribution in [0.15, 0.2) is 9.59 Å². The lowest BCUT2D eigenvalue weighted by Gasteiger charge is -2.19.